The van der Waals surface area contributed by atoms with E-state index in [1.807, 2.05) is 48.5 Å². The van der Waals surface area contributed by atoms with Crippen LogP contribution in [0.3, 0.4) is 0 Å². The number of fused-ring (bicyclic) bond motifs is 3. The number of carbonyl (C=O) groups excluding carboxylic acids is 4. The maximum Gasteiger partial charge on any atom is 0.317 e. The highest BCUT2D eigenvalue weighted by atomic mass is 16.5. The lowest BCUT2D eigenvalue weighted by atomic mass is 9.63. The molecule has 3 aliphatic heterocycles. The Balaban J connectivity index is 1.08. The van der Waals surface area contributed by atoms with E-state index in [9.17, 15) is 19.2 Å². The number of hydrogen-bond donors (Lipinski definition) is 0. The van der Waals surface area contributed by atoms with E-state index < -0.39 is 17.4 Å². The van der Waals surface area contributed by atoms with Gasteiger partial charge in [-0.3, -0.25) is 24.1 Å². The van der Waals surface area contributed by atoms with Crippen molar-refractivity contribution < 1.29 is 23.9 Å². The van der Waals surface area contributed by atoms with Gasteiger partial charge >= 0.3 is 5.97 Å². The van der Waals surface area contributed by atoms with Crippen molar-refractivity contribution in [1.82, 2.24) is 9.80 Å². The first-order chi connectivity index (χ1) is 25.3. The molecule has 3 aromatic rings. The standard InChI is InChI=1S/C46H50N2O5/c1-6-7-20-47-34-23-44(2,3)25-36(49)40(34)39(41-35(47)24-45(4,5)26-37(41)50)28-16-18-30(19-17-28)53-43(52)33-22-29-13-10-21-48(29)46(33)32-15-9-12-27-11-8-14-31(38(27)32)42(46)51/h8-9,11-12,14-19,29,33,39H,6-7,10,13,20-26H2,1-5H3. The number of nitrogens with zero attached hydrogens (tertiary/aromatic N) is 2. The third-order valence-corrected chi connectivity index (χ3v) is 13.2. The Morgan fingerprint density at radius 1 is 0.830 bits per heavy atom. The van der Waals surface area contributed by atoms with E-state index in [0.717, 1.165) is 96.1 Å². The van der Waals surface area contributed by atoms with E-state index in [1.54, 1.807) is 12.1 Å². The van der Waals surface area contributed by atoms with Crippen molar-refractivity contribution in [3.05, 3.63) is 99.9 Å². The third kappa shape index (κ3) is 5.09. The molecule has 6 aliphatic rings. The SMILES string of the molecule is CCCCN1C2=C(C(=O)CC(C)(C)C2)C(c2ccc(OC(=O)C3CC4CCCN4C34C(=O)c3cccc5cccc4c35)cc2)C2=C1CC(C)(C)CC2=O. The molecular formula is C46H50N2O5. The maximum absolute atomic E-state index is 14.6. The second-order valence-electron chi connectivity index (χ2n) is 18.1. The fourth-order valence-electron chi connectivity index (χ4n) is 11.1. The summed E-state index contributed by atoms with van der Waals surface area (Å²) >= 11 is 0. The monoisotopic (exact) mass is 710 g/mol. The molecule has 3 aromatic carbocycles. The Bertz CT molecular complexity index is 2110. The van der Waals surface area contributed by atoms with E-state index in [-0.39, 0.29) is 40.2 Å². The van der Waals surface area contributed by atoms with Gasteiger partial charge in [-0.1, -0.05) is 89.6 Å². The molecule has 0 bridgehead atoms. The molecule has 0 saturated carbocycles. The number of rotatable bonds is 6. The minimum absolute atomic E-state index is 0.00471. The predicted molar refractivity (Wildman–Crippen MR) is 204 cm³/mol. The summed E-state index contributed by atoms with van der Waals surface area (Å²) in [4.78, 5) is 62.0. The summed E-state index contributed by atoms with van der Waals surface area (Å²) in [6, 6.07) is 19.6. The average molecular weight is 711 g/mol. The average Bonchev–Trinajstić information content (AvgIpc) is 3.77. The fraction of sp³-hybridized carbons (Fsp3) is 0.478. The predicted octanol–water partition coefficient (Wildman–Crippen LogP) is 8.81. The van der Waals surface area contributed by atoms with E-state index in [0.29, 0.717) is 30.6 Å². The lowest BCUT2D eigenvalue weighted by molar-refractivity contribution is -0.141. The smallest absolute Gasteiger partial charge is 0.317 e. The summed E-state index contributed by atoms with van der Waals surface area (Å²) in [5.41, 5.74) is 4.76. The second-order valence-corrected chi connectivity index (χ2v) is 18.1. The normalized spacial score (nSPS) is 27.6. The van der Waals surface area contributed by atoms with Crippen LogP contribution in [-0.2, 0) is 19.9 Å². The zero-order valence-electron chi connectivity index (χ0n) is 31.7. The first-order valence-corrected chi connectivity index (χ1v) is 19.8. The van der Waals surface area contributed by atoms with Crippen molar-refractivity contribution in [3.63, 3.8) is 0 Å². The number of allylic oxidation sites excluding steroid dienone is 4. The fourth-order valence-corrected chi connectivity index (χ4v) is 11.1. The first kappa shape index (κ1) is 34.4. The van der Waals surface area contributed by atoms with Crippen molar-refractivity contribution >= 4 is 34.1 Å². The maximum atomic E-state index is 14.6. The van der Waals surface area contributed by atoms with Gasteiger partial charge in [0.15, 0.2) is 17.3 Å². The van der Waals surface area contributed by atoms with Crippen LogP contribution in [0.1, 0.15) is 120 Å². The number of carbonyl (C=O) groups is 4. The first-order valence-electron chi connectivity index (χ1n) is 19.8. The van der Waals surface area contributed by atoms with Crippen LogP contribution in [0.25, 0.3) is 10.8 Å². The molecule has 0 N–H and O–H groups in total. The summed E-state index contributed by atoms with van der Waals surface area (Å²) < 4.78 is 6.22. The number of unbranched alkanes of at least 4 members (excludes halogenated alkanes) is 1. The summed E-state index contributed by atoms with van der Waals surface area (Å²) in [6.45, 7) is 12.4. The number of Topliss-reactive ketones (excluding diaryl/α,β-unsaturated/α-hetero) is 3. The molecule has 9 rings (SSSR count). The zero-order valence-corrected chi connectivity index (χ0v) is 31.7. The molecule has 274 valence electrons. The van der Waals surface area contributed by atoms with Gasteiger partial charge in [0, 0.05) is 59.4 Å². The van der Waals surface area contributed by atoms with E-state index in [2.05, 4.69) is 44.4 Å². The van der Waals surface area contributed by atoms with Gasteiger partial charge in [0.1, 0.15) is 11.3 Å². The van der Waals surface area contributed by atoms with Crippen molar-refractivity contribution in [2.24, 2.45) is 16.7 Å². The Labute approximate surface area is 312 Å². The van der Waals surface area contributed by atoms with Gasteiger partial charge in [-0.2, -0.15) is 0 Å². The molecule has 53 heavy (non-hydrogen) atoms. The van der Waals surface area contributed by atoms with Gasteiger partial charge in [0.25, 0.3) is 0 Å². The largest absolute Gasteiger partial charge is 0.426 e. The number of benzene rings is 3. The van der Waals surface area contributed by atoms with Gasteiger partial charge in [-0.05, 0) is 89.9 Å². The second kappa shape index (κ2) is 12.1. The van der Waals surface area contributed by atoms with Crippen LogP contribution < -0.4 is 4.74 Å². The number of ether oxygens (including phenoxy) is 1. The van der Waals surface area contributed by atoms with Crippen LogP contribution in [-0.4, -0.2) is 52.3 Å². The Kier molecular flexibility index (Phi) is 7.84. The number of esters is 1. The minimum Gasteiger partial charge on any atom is -0.426 e. The topological polar surface area (TPSA) is 84.0 Å². The molecule has 3 atom stereocenters. The van der Waals surface area contributed by atoms with Crippen LogP contribution >= 0.6 is 0 Å². The van der Waals surface area contributed by atoms with E-state index >= 15 is 0 Å². The van der Waals surface area contributed by atoms with Gasteiger partial charge in [-0.25, -0.2) is 0 Å². The summed E-state index contributed by atoms with van der Waals surface area (Å²) in [7, 11) is 0. The molecule has 0 amide bonds. The summed E-state index contributed by atoms with van der Waals surface area (Å²) in [5.74, 6) is -0.840. The van der Waals surface area contributed by atoms with Gasteiger partial charge in [-0.15, -0.1) is 0 Å². The van der Waals surface area contributed by atoms with Gasteiger partial charge in [0.2, 0.25) is 0 Å². The Morgan fingerprint density at radius 2 is 1.47 bits per heavy atom. The van der Waals surface area contributed by atoms with Crippen LogP contribution in [0, 0.1) is 16.7 Å². The summed E-state index contributed by atoms with van der Waals surface area (Å²) in [6.07, 6.45) is 7.00. The third-order valence-electron chi connectivity index (χ3n) is 13.2. The lowest BCUT2D eigenvalue weighted by Gasteiger charge is -2.49. The van der Waals surface area contributed by atoms with Crippen molar-refractivity contribution in [1.29, 1.82) is 0 Å². The van der Waals surface area contributed by atoms with Crippen LogP contribution in [0.4, 0.5) is 0 Å². The van der Waals surface area contributed by atoms with E-state index in [1.165, 1.54) is 0 Å². The highest BCUT2D eigenvalue weighted by Crippen LogP contribution is 2.58. The van der Waals surface area contributed by atoms with Crippen LogP contribution in [0.15, 0.2) is 83.2 Å². The molecule has 7 heteroatoms. The molecule has 3 aliphatic carbocycles. The minimum atomic E-state index is -1.07. The van der Waals surface area contributed by atoms with Crippen molar-refractivity contribution in [3.8, 4) is 5.75 Å². The molecular weight excluding hydrogens is 661 g/mol. The molecule has 1 spiro atoms. The van der Waals surface area contributed by atoms with E-state index in [4.69, 9.17) is 4.74 Å². The van der Waals surface area contributed by atoms with Crippen molar-refractivity contribution in [2.45, 2.75) is 110 Å². The summed E-state index contributed by atoms with van der Waals surface area (Å²) in [5, 5.41) is 1.97. The van der Waals surface area contributed by atoms with Crippen LogP contribution in [0.5, 0.6) is 5.75 Å². The molecule has 0 radical (unpaired) electrons. The molecule has 7 nitrogen and oxygen atoms in total. The van der Waals surface area contributed by atoms with Gasteiger partial charge in [0.05, 0.1) is 5.92 Å². The van der Waals surface area contributed by atoms with Crippen LogP contribution in [0.2, 0.25) is 0 Å². The Hall–Kier alpha value is -4.36. The molecule has 2 saturated heterocycles. The molecule has 2 fully saturated rings. The van der Waals surface area contributed by atoms with Gasteiger partial charge < -0.3 is 9.64 Å². The quantitative estimate of drug-likeness (QED) is 0.187. The number of ketones is 3. The zero-order chi connectivity index (χ0) is 37.0. The molecule has 3 unspecified atom stereocenters. The lowest BCUT2D eigenvalue weighted by Crippen LogP contribution is -2.52. The van der Waals surface area contributed by atoms with Crippen molar-refractivity contribution in [2.75, 3.05) is 13.1 Å². The molecule has 0 aromatic heterocycles. The highest BCUT2D eigenvalue weighted by molar-refractivity contribution is 6.21. The molecule has 3 heterocycles. The number of hydrogen-bond acceptors (Lipinski definition) is 7. The Morgan fingerprint density at radius 3 is 2.11 bits per heavy atom. The highest BCUT2D eigenvalue weighted by Gasteiger charge is 2.65.